The fraction of sp³-hybridized carbons (Fsp3) is 0.429. The summed E-state index contributed by atoms with van der Waals surface area (Å²) >= 11 is 0. The third kappa shape index (κ3) is 2.84. The molecule has 1 aromatic carbocycles. The van der Waals surface area contributed by atoms with Gasteiger partial charge in [-0.3, -0.25) is 9.59 Å². The lowest BCUT2D eigenvalue weighted by atomic mass is 9.74. The number of nitrogens with two attached hydrogens (primary N) is 1. The molecule has 0 unspecified atom stereocenters. The Balaban J connectivity index is 2.17. The standard InChI is InChI=1S/C14H18N2O4/c1-20-11-7-9(15)3-4-10(11)13(19)16-14(5-2-6-14)8-12(17)18/h3-4,7H,2,5-6,8,15H2,1H3,(H,16,19)(H,17,18). The number of carbonyl (C=O) groups excluding carboxylic acids is 1. The van der Waals surface area contributed by atoms with Crippen LogP contribution in [-0.2, 0) is 4.79 Å². The average molecular weight is 278 g/mol. The SMILES string of the molecule is COc1cc(N)ccc1C(=O)NC1(CC(=O)O)CCC1. The maximum absolute atomic E-state index is 12.3. The molecule has 1 saturated carbocycles. The second-order valence-electron chi connectivity index (χ2n) is 5.12. The predicted octanol–water partition coefficient (Wildman–Crippen LogP) is 1.40. The number of benzene rings is 1. The monoisotopic (exact) mass is 278 g/mol. The van der Waals surface area contributed by atoms with Crippen LogP contribution in [0.3, 0.4) is 0 Å². The second kappa shape index (κ2) is 5.40. The molecular formula is C14H18N2O4. The summed E-state index contributed by atoms with van der Waals surface area (Å²) in [4.78, 5) is 23.2. The summed E-state index contributed by atoms with van der Waals surface area (Å²) < 4.78 is 5.14. The Morgan fingerprint density at radius 1 is 1.45 bits per heavy atom. The molecule has 1 fully saturated rings. The molecule has 2 rings (SSSR count). The number of carboxylic acid groups (broad SMARTS) is 1. The van der Waals surface area contributed by atoms with E-state index in [9.17, 15) is 9.59 Å². The maximum atomic E-state index is 12.3. The summed E-state index contributed by atoms with van der Waals surface area (Å²) in [5.74, 6) is -0.857. The van der Waals surface area contributed by atoms with Crippen LogP contribution in [-0.4, -0.2) is 29.6 Å². The first kappa shape index (κ1) is 14.2. The van der Waals surface area contributed by atoms with Crippen LogP contribution in [0.5, 0.6) is 5.75 Å². The minimum Gasteiger partial charge on any atom is -0.496 e. The minimum atomic E-state index is -0.908. The van der Waals surface area contributed by atoms with Crippen LogP contribution in [0.15, 0.2) is 18.2 Å². The first-order chi connectivity index (χ1) is 9.46. The van der Waals surface area contributed by atoms with E-state index >= 15 is 0 Å². The maximum Gasteiger partial charge on any atom is 0.305 e. The molecule has 1 amide bonds. The van der Waals surface area contributed by atoms with Crippen LogP contribution in [0.25, 0.3) is 0 Å². The number of amides is 1. The Morgan fingerprint density at radius 3 is 2.65 bits per heavy atom. The second-order valence-corrected chi connectivity index (χ2v) is 5.12. The highest BCUT2D eigenvalue weighted by atomic mass is 16.5. The molecule has 20 heavy (non-hydrogen) atoms. The quantitative estimate of drug-likeness (QED) is 0.707. The van der Waals surface area contributed by atoms with Crippen molar-refractivity contribution in [2.24, 2.45) is 0 Å². The molecule has 0 bridgehead atoms. The van der Waals surface area contributed by atoms with Gasteiger partial charge in [0.1, 0.15) is 5.75 Å². The largest absolute Gasteiger partial charge is 0.496 e. The van der Waals surface area contributed by atoms with Crippen LogP contribution in [0.1, 0.15) is 36.0 Å². The normalized spacial score (nSPS) is 16.1. The van der Waals surface area contributed by atoms with Crippen molar-refractivity contribution in [1.82, 2.24) is 5.32 Å². The average Bonchev–Trinajstić information content (AvgIpc) is 2.35. The number of carbonyl (C=O) groups is 2. The van der Waals surface area contributed by atoms with E-state index in [1.807, 2.05) is 0 Å². The number of nitrogens with one attached hydrogen (secondary N) is 1. The van der Waals surface area contributed by atoms with E-state index in [4.69, 9.17) is 15.6 Å². The van der Waals surface area contributed by atoms with Crippen molar-refractivity contribution in [2.75, 3.05) is 12.8 Å². The molecule has 0 aliphatic heterocycles. The molecule has 0 heterocycles. The Labute approximate surface area is 116 Å². The van der Waals surface area contributed by atoms with E-state index in [2.05, 4.69) is 5.32 Å². The van der Waals surface area contributed by atoms with E-state index in [0.717, 1.165) is 6.42 Å². The third-order valence-corrected chi connectivity index (χ3v) is 3.65. The van der Waals surface area contributed by atoms with E-state index in [1.165, 1.54) is 7.11 Å². The molecule has 1 aromatic rings. The Kier molecular flexibility index (Phi) is 3.83. The van der Waals surface area contributed by atoms with Crippen LogP contribution in [0.2, 0.25) is 0 Å². The number of aliphatic carboxylic acids is 1. The first-order valence-electron chi connectivity index (χ1n) is 6.44. The molecular weight excluding hydrogens is 260 g/mol. The van der Waals surface area contributed by atoms with Gasteiger partial charge in [0.15, 0.2) is 0 Å². The lowest BCUT2D eigenvalue weighted by Crippen LogP contribution is -2.54. The predicted molar refractivity (Wildman–Crippen MR) is 73.7 cm³/mol. The lowest BCUT2D eigenvalue weighted by molar-refractivity contribution is -0.139. The summed E-state index contributed by atoms with van der Waals surface area (Å²) in [6.07, 6.45) is 2.23. The summed E-state index contributed by atoms with van der Waals surface area (Å²) in [6, 6.07) is 4.76. The lowest BCUT2D eigenvalue weighted by Gasteiger charge is -2.41. The van der Waals surface area contributed by atoms with Gasteiger partial charge < -0.3 is 20.9 Å². The van der Waals surface area contributed by atoms with Crippen molar-refractivity contribution >= 4 is 17.6 Å². The molecule has 0 aromatic heterocycles. The van der Waals surface area contributed by atoms with Gasteiger partial charge in [0.05, 0.1) is 24.6 Å². The summed E-state index contributed by atoms with van der Waals surface area (Å²) in [5, 5.41) is 11.8. The van der Waals surface area contributed by atoms with E-state index < -0.39 is 11.5 Å². The zero-order valence-corrected chi connectivity index (χ0v) is 11.3. The summed E-state index contributed by atoms with van der Waals surface area (Å²) in [5.41, 5.74) is 5.88. The van der Waals surface area contributed by atoms with Crippen molar-refractivity contribution in [3.8, 4) is 5.75 Å². The van der Waals surface area contributed by atoms with Crippen molar-refractivity contribution < 1.29 is 19.4 Å². The van der Waals surface area contributed by atoms with Gasteiger partial charge in [0.25, 0.3) is 5.91 Å². The van der Waals surface area contributed by atoms with E-state index in [-0.39, 0.29) is 12.3 Å². The van der Waals surface area contributed by atoms with Gasteiger partial charge in [-0.15, -0.1) is 0 Å². The van der Waals surface area contributed by atoms with Crippen LogP contribution >= 0.6 is 0 Å². The highest BCUT2D eigenvalue weighted by molar-refractivity contribution is 5.98. The van der Waals surface area contributed by atoms with Gasteiger partial charge in [-0.05, 0) is 31.4 Å². The molecule has 1 aliphatic carbocycles. The van der Waals surface area contributed by atoms with Gasteiger partial charge >= 0.3 is 5.97 Å². The Bertz CT molecular complexity index is 538. The Hall–Kier alpha value is -2.24. The summed E-state index contributed by atoms with van der Waals surface area (Å²) in [6.45, 7) is 0. The van der Waals surface area contributed by atoms with E-state index in [0.29, 0.717) is 29.8 Å². The number of anilines is 1. The highest BCUT2D eigenvalue weighted by Gasteiger charge is 2.40. The fourth-order valence-electron chi connectivity index (χ4n) is 2.44. The number of rotatable bonds is 5. The number of carboxylic acids is 1. The van der Waals surface area contributed by atoms with Crippen molar-refractivity contribution in [3.05, 3.63) is 23.8 Å². The molecule has 4 N–H and O–H groups in total. The zero-order chi connectivity index (χ0) is 14.8. The smallest absolute Gasteiger partial charge is 0.305 e. The van der Waals surface area contributed by atoms with Gasteiger partial charge in [0.2, 0.25) is 0 Å². The van der Waals surface area contributed by atoms with Gasteiger partial charge in [-0.1, -0.05) is 0 Å². The zero-order valence-electron chi connectivity index (χ0n) is 11.3. The topological polar surface area (TPSA) is 102 Å². The van der Waals surface area contributed by atoms with Gasteiger partial charge in [0, 0.05) is 11.8 Å². The van der Waals surface area contributed by atoms with Crippen molar-refractivity contribution in [1.29, 1.82) is 0 Å². The molecule has 1 aliphatic rings. The van der Waals surface area contributed by atoms with Crippen LogP contribution in [0, 0.1) is 0 Å². The number of methoxy groups -OCH3 is 1. The van der Waals surface area contributed by atoms with Gasteiger partial charge in [-0.25, -0.2) is 0 Å². The van der Waals surface area contributed by atoms with Crippen LogP contribution < -0.4 is 15.8 Å². The number of hydrogen-bond donors (Lipinski definition) is 3. The number of hydrogen-bond acceptors (Lipinski definition) is 4. The first-order valence-corrected chi connectivity index (χ1v) is 6.44. The molecule has 0 spiro atoms. The molecule has 108 valence electrons. The van der Waals surface area contributed by atoms with E-state index in [1.54, 1.807) is 18.2 Å². The molecule has 6 heteroatoms. The summed E-state index contributed by atoms with van der Waals surface area (Å²) in [7, 11) is 1.46. The Morgan fingerprint density at radius 2 is 2.15 bits per heavy atom. The van der Waals surface area contributed by atoms with Crippen molar-refractivity contribution in [3.63, 3.8) is 0 Å². The minimum absolute atomic E-state index is 0.0595. The number of ether oxygens (including phenoxy) is 1. The molecule has 6 nitrogen and oxygen atoms in total. The number of nitrogen functional groups attached to an aromatic ring is 1. The van der Waals surface area contributed by atoms with Crippen molar-refractivity contribution in [2.45, 2.75) is 31.2 Å². The molecule has 0 atom stereocenters. The highest BCUT2D eigenvalue weighted by Crippen LogP contribution is 2.35. The van der Waals surface area contributed by atoms with Crippen LogP contribution in [0.4, 0.5) is 5.69 Å². The third-order valence-electron chi connectivity index (χ3n) is 3.65. The molecule has 0 radical (unpaired) electrons. The van der Waals surface area contributed by atoms with Gasteiger partial charge in [-0.2, -0.15) is 0 Å². The fourth-order valence-corrected chi connectivity index (χ4v) is 2.44. The molecule has 0 saturated heterocycles.